The van der Waals surface area contributed by atoms with E-state index in [9.17, 15) is 28.8 Å². The molecule has 5 aromatic heterocycles. The van der Waals surface area contributed by atoms with Gasteiger partial charge in [-0.05, 0) is 121 Å². The molecule has 33 heteroatoms. The van der Waals surface area contributed by atoms with Crippen LogP contribution in [-0.4, -0.2) is 215 Å². The number of oxime groups is 1. The van der Waals surface area contributed by atoms with Crippen molar-refractivity contribution in [2.45, 2.75) is 118 Å². The number of hydrogen-bond donors (Lipinski definition) is 6. The first-order chi connectivity index (χ1) is 49.8. The Morgan fingerprint density at radius 3 is 1.74 bits per heavy atom. The van der Waals surface area contributed by atoms with Gasteiger partial charge in [-0.25, -0.2) is 9.97 Å². The molecule has 0 saturated carbocycles. The summed E-state index contributed by atoms with van der Waals surface area (Å²) in [5.74, 6) is -0.469. The number of aliphatic carboxylic acids is 1. The third-order valence-corrected chi connectivity index (χ3v) is 17.7. The van der Waals surface area contributed by atoms with Gasteiger partial charge in [0.05, 0.1) is 108 Å². The lowest BCUT2D eigenvalue weighted by Gasteiger charge is -2.33. The van der Waals surface area contributed by atoms with Gasteiger partial charge in [0.25, 0.3) is 11.8 Å². The minimum absolute atomic E-state index is 0.0119. The number of imidazole rings is 2. The predicted molar refractivity (Wildman–Crippen MR) is 379 cm³/mol. The standard InChI is InChI=1S/C70H91N19O14/c1-7-88-55(36-44(3)80-88)66(93)76-69-74-53-39-50(63(72)91)41-57(97-6)61(53)86(69)20-9-10-21-87-62-54(75-70(87)77-67(94)56-37-45(4)81-89(56)8-2)40-51(64(73)92)42-58(62)102-26-11-19-83-22-16-49(17-23-83)65-79-78-59-43-84(24-25-85(59)65)60(90)18-27-98-28-29-99-30-31-100-32-33-101-34-35-103-82-46(5)48-14-12-47(13-15-48)38-52(71)68(95)96/h9-10,12-15,36-37,39-42,49,52H,7-8,11,16-35,38,43,71H2,1-6H3,(H2,72,91)(H2,73,92)(H,95,96)(H,74,76,93)(H,75,77,94)/b10-9+,82-46?. The molecular weight excluding hydrogens is 1330 g/mol. The Labute approximate surface area is 594 Å². The smallest absolute Gasteiger partial charge is 0.320 e. The maximum absolute atomic E-state index is 14.1. The van der Waals surface area contributed by atoms with E-state index < -0.39 is 35.6 Å². The second-order valence-electron chi connectivity index (χ2n) is 24.9. The second-order valence-corrected chi connectivity index (χ2v) is 24.9. The predicted octanol–water partition coefficient (Wildman–Crippen LogP) is 4.84. The summed E-state index contributed by atoms with van der Waals surface area (Å²) in [4.78, 5) is 96.7. The summed E-state index contributed by atoms with van der Waals surface area (Å²) in [5.41, 5.74) is 23.6. The van der Waals surface area contributed by atoms with Crippen LogP contribution in [0.4, 0.5) is 11.9 Å². The topological polar surface area (TPSA) is 410 Å². The van der Waals surface area contributed by atoms with Gasteiger partial charge in [-0.2, -0.15) is 10.2 Å². The molecular formula is C70H91N19O14. The van der Waals surface area contributed by atoms with E-state index in [1.807, 2.05) is 57.2 Å². The molecule has 550 valence electrons. The molecule has 0 aliphatic carbocycles. The highest BCUT2D eigenvalue weighted by molar-refractivity contribution is 6.06. The summed E-state index contributed by atoms with van der Waals surface area (Å²) in [6.45, 7) is 17.7. The highest BCUT2D eigenvalue weighted by Gasteiger charge is 2.31. The number of nitrogens with zero attached hydrogens (tertiary/aromatic N) is 14. The maximum atomic E-state index is 14.1. The number of rotatable bonds is 39. The van der Waals surface area contributed by atoms with E-state index in [0.29, 0.717) is 147 Å². The van der Waals surface area contributed by atoms with E-state index >= 15 is 0 Å². The second kappa shape index (κ2) is 35.9. The molecule has 0 radical (unpaired) electrons. The normalized spacial score (nSPS) is 14.0. The molecule has 7 heterocycles. The van der Waals surface area contributed by atoms with Crippen molar-refractivity contribution in [2.24, 2.45) is 22.4 Å². The van der Waals surface area contributed by atoms with Crippen molar-refractivity contribution in [3.8, 4) is 11.5 Å². The fraction of sp³-hybridized carbons (Fsp3) is 0.471. The molecule has 8 aromatic rings. The average molecular weight is 1420 g/mol. The molecule has 2 aliphatic heterocycles. The number of ether oxygens (including phenoxy) is 6. The van der Waals surface area contributed by atoms with Crippen molar-refractivity contribution >= 4 is 75.2 Å². The number of piperidine rings is 1. The zero-order chi connectivity index (χ0) is 73.1. The Morgan fingerprint density at radius 1 is 0.670 bits per heavy atom. The number of amides is 5. The average Bonchev–Trinajstić information content (AvgIpc) is 1.64. The molecule has 0 spiro atoms. The molecule has 2 aliphatic rings. The van der Waals surface area contributed by atoms with Crippen LogP contribution in [0.5, 0.6) is 11.5 Å². The van der Waals surface area contributed by atoms with Gasteiger partial charge >= 0.3 is 5.97 Å². The summed E-state index contributed by atoms with van der Waals surface area (Å²) in [5, 5.41) is 37.2. The van der Waals surface area contributed by atoms with Crippen LogP contribution in [0.1, 0.15) is 128 Å². The Bertz CT molecular complexity index is 4350. The number of allylic oxidation sites excluding steroid dienone is 2. The van der Waals surface area contributed by atoms with Gasteiger partial charge in [0.15, 0.2) is 5.82 Å². The largest absolute Gasteiger partial charge is 0.494 e. The van der Waals surface area contributed by atoms with Gasteiger partial charge in [-0.3, -0.25) is 48.8 Å². The Morgan fingerprint density at radius 2 is 1.20 bits per heavy atom. The quantitative estimate of drug-likeness (QED) is 0.0130. The van der Waals surface area contributed by atoms with Crippen molar-refractivity contribution < 1.29 is 67.1 Å². The molecule has 103 heavy (non-hydrogen) atoms. The lowest BCUT2D eigenvalue weighted by Crippen LogP contribution is -2.40. The number of carbonyl (C=O) groups excluding carboxylic acids is 5. The number of anilines is 2. The number of aromatic nitrogens is 11. The summed E-state index contributed by atoms with van der Waals surface area (Å²) in [6.07, 6.45) is 6.57. The van der Waals surface area contributed by atoms with E-state index in [1.165, 1.54) is 19.2 Å². The number of primary amides is 2. The maximum Gasteiger partial charge on any atom is 0.320 e. The van der Waals surface area contributed by atoms with Crippen LogP contribution < -0.4 is 37.3 Å². The van der Waals surface area contributed by atoms with Crippen LogP contribution in [0.15, 0.2) is 78.0 Å². The molecule has 1 fully saturated rings. The summed E-state index contributed by atoms with van der Waals surface area (Å²) in [6, 6.07) is 16.0. The highest BCUT2D eigenvalue weighted by atomic mass is 16.6. The van der Waals surface area contributed by atoms with Gasteiger partial charge in [0.2, 0.25) is 29.6 Å². The zero-order valence-electron chi connectivity index (χ0n) is 59.0. The fourth-order valence-corrected chi connectivity index (χ4v) is 12.4. The number of nitrogens with one attached hydrogen (secondary N) is 2. The first-order valence-electron chi connectivity index (χ1n) is 34.5. The van der Waals surface area contributed by atoms with E-state index in [-0.39, 0.29) is 80.6 Å². The van der Waals surface area contributed by atoms with Crippen LogP contribution >= 0.6 is 0 Å². The number of carboxylic acid groups (broad SMARTS) is 1. The van der Waals surface area contributed by atoms with Crippen LogP contribution in [0.25, 0.3) is 22.1 Å². The zero-order valence-corrected chi connectivity index (χ0v) is 59.0. The summed E-state index contributed by atoms with van der Waals surface area (Å²) >= 11 is 0. The summed E-state index contributed by atoms with van der Waals surface area (Å²) < 4.78 is 43.7. The summed E-state index contributed by atoms with van der Waals surface area (Å²) in [7, 11) is 1.46. The molecule has 5 amide bonds. The van der Waals surface area contributed by atoms with Gasteiger partial charge in [-0.15, -0.1) is 10.2 Å². The lowest BCUT2D eigenvalue weighted by atomic mass is 9.95. The number of carbonyl (C=O) groups is 6. The Balaban J connectivity index is 0.675. The minimum atomic E-state index is -1.04. The third-order valence-electron chi connectivity index (χ3n) is 17.7. The van der Waals surface area contributed by atoms with Crippen LogP contribution in [0, 0.1) is 13.8 Å². The van der Waals surface area contributed by atoms with E-state index in [0.717, 1.165) is 55.3 Å². The van der Waals surface area contributed by atoms with Gasteiger partial charge in [0.1, 0.15) is 52.4 Å². The first-order valence-corrected chi connectivity index (χ1v) is 34.5. The van der Waals surface area contributed by atoms with E-state index in [2.05, 4.69) is 45.7 Å². The lowest BCUT2D eigenvalue weighted by molar-refractivity contribution is -0.138. The van der Waals surface area contributed by atoms with Crippen molar-refractivity contribution in [1.29, 1.82) is 0 Å². The van der Waals surface area contributed by atoms with Crippen LogP contribution in [0.3, 0.4) is 0 Å². The number of hydrogen-bond acceptors (Lipinski definition) is 22. The van der Waals surface area contributed by atoms with E-state index in [4.69, 9.17) is 65.5 Å². The molecule has 0 bridgehead atoms. The monoisotopic (exact) mass is 1420 g/mol. The van der Waals surface area contributed by atoms with Gasteiger partial charge in [0, 0.05) is 62.9 Å². The van der Waals surface area contributed by atoms with Crippen molar-refractivity contribution in [1.82, 2.24) is 63.2 Å². The number of carboxylic acids is 1. The molecule has 1 saturated heterocycles. The number of likely N-dealkylation sites (tertiary alicyclic amines) is 1. The number of fused-ring (bicyclic) bond motifs is 3. The number of aryl methyl sites for hydroxylation is 4. The Hall–Kier alpha value is -10.5. The van der Waals surface area contributed by atoms with Crippen molar-refractivity contribution in [3.63, 3.8) is 0 Å². The minimum Gasteiger partial charge on any atom is -0.494 e. The van der Waals surface area contributed by atoms with Gasteiger partial charge < -0.3 is 79.1 Å². The molecule has 9 N–H and O–H groups in total. The SMILES string of the molecule is CCn1nc(C)cc1C(=O)Nc1nc2cc(C(N)=O)cc(OC)c2n1C/C=C/Cn1c(NC(=O)c2cc(C)nn2CC)nc2cc(C(N)=O)cc(OCCCN3CCC(c4nnc5n4CCN(C(=O)CCOCCOCCOCCOCCON=C(C)c4ccc(CC(N)C(=O)O)cc4)C5)CC3)c21. The molecule has 1 atom stereocenters. The van der Waals surface area contributed by atoms with Gasteiger partial charge in [-0.1, -0.05) is 41.6 Å². The number of benzene rings is 3. The van der Waals surface area contributed by atoms with Crippen molar-refractivity contribution in [2.75, 3.05) is 110 Å². The van der Waals surface area contributed by atoms with E-state index in [1.54, 1.807) is 61.5 Å². The first kappa shape index (κ1) is 75.2. The fourth-order valence-electron chi connectivity index (χ4n) is 12.4. The third kappa shape index (κ3) is 19.4. The Kier molecular flexibility index (Phi) is 26.2. The molecule has 33 nitrogen and oxygen atoms in total. The number of methoxy groups -OCH3 is 1. The van der Waals surface area contributed by atoms with Crippen molar-refractivity contribution in [3.05, 3.63) is 129 Å². The molecule has 3 aromatic carbocycles. The molecule has 1 unspecified atom stereocenters. The van der Waals surface area contributed by atoms with Crippen LogP contribution in [0.2, 0.25) is 0 Å². The van der Waals surface area contributed by atoms with Crippen LogP contribution in [-0.2, 0) is 79.1 Å². The molecule has 10 rings (SSSR count). The number of nitrogens with two attached hydrogens (primary N) is 3. The highest BCUT2D eigenvalue weighted by Crippen LogP contribution is 2.34.